The lowest BCUT2D eigenvalue weighted by Crippen LogP contribution is -2.47. The van der Waals surface area contributed by atoms with E-state index in [1.807, 2.05) is 38.1 Å². The van der Waals surface area contributed by atoms with Crippen LogP contribution in [0.3, 0.4) is 0 Å². The first kappa shape index (κ1) is 22.3. The zero-order chi connectivity index (χ0) is 21.7. The van der Waals surface area contributed by atoms with Crippen LogP contribution < -0.4 is 4.74 Å². The highest BCUT2D eigenvalue weighted by Crippen LogP contribution is 2.33. The highest BCUT2D eigenvalue weighted by atomic mass is 16.5. The molecule has 2 aliphatic rings. The van der Waals surface area contributed by atoms with E-state index in [2.05, 4.69) is 16.7 Å². The van der Waals surface area contributed by atoms with Crippen molar-refractivity contribution in [2.75, 3.05) is 53.0 Å². The van der Waals surface area contributed by atoms with Gasteiger partial charge in [0, 0.05) is 39.3 Å². The van der Waals surface area contributed by atoms with Crippen molar-refractivity contribution in [2.45, 2.75) is 33.3 Å². The molecule has 7 heteroatoms. The first-order chi connectivity index (χ1) is 14.5. The minimum Gasteiger partial charge on any atom is -0.497 e. The Kier molecular flexibility index (Phi) is 7.50. The molecule has 0 saturated carbocycles. The normalized spacial score (nSPS) is 18.2. The molecule has 3 rings (SSSR count). The number of carbonyl (C=O) groups excluding carboxylic acids is 2. The summed E-state index contributed by atoms with van der Waals surface area (Å²) >= 11 is 0. The van der Waals surface area contributed by atoms with E-state index in [-0.39, 0.29) is 17.9 Å². The van der Waals surface area contributed by atoms with E-state index in [1.54, 1.807) is 7.11 Å². The molecular weight excluding hydrogens is 382 g/mol. The van der Waals surface area contributed by atoms with Crippen molar-refractivity contribution >= 4 is 17.4 Å². The number of ether oxygens (including phenoxy) is 2. The minimum absolute atomic E-state index is 0.133. The predicted octanol–water partition coefficient (Wildman–Crippen LogP) is 2.23. The van der Waals surface area contributed by atoms with Gasteiger partial charge in [0.05, 0.1) is 18.8 Å². The van der Waals surface area contributed by atoms with Crippen molar-refractivity contribution in [2.24, 2.45) is 0 Å². The van der Waals surface area contributed by atoms with Crippen LogP contribution in [0.2, 0.25) is 0 Å². The average molecular weight is 416 g/mol. The molecule has 1 saturated heterocycles. The number of methoxy groups -OCH3 is 1. The summed E-state index contributed by atoms with van der Waals surface area (Å²) in [5.41, 5.74) is 1.78. The van der Waals surface area contributed by atoms with Crippen molar-refractivity contribution in [3.05, 3.63) is 35.5 Å². The number of imide groups is 1. The van der Waals surface area contributed by atoms with Crippen molar-refractivity contribution in [1.29, 1.82) is 0 Å². The van der Waals surface area contributed by atoms with Crippen LogP contribution in [0.4, 0.5) is 0 Å². The van der Waals surface area contributed by atoms with E-state index in [0.717, 1.165) is 44.0 Å². The maximum absolute atomic E-state index is 13.3. The highest BCUT2D eigenvalue weighted by Gasteiger charge is 2.41. The van der Waals surface area contributed by atoms with Gasteiger partial charge in [0.2, 0.25) is 0 Å². The number of piperazine rings is 1. The number of rotatable bonds is 9. The summed E-state index contributed by atoms with van der Waals surface area (Å²) < 4.78 is 10.8. The van der Waals surface area contributed by atoms with E-state index >= 15 is 0 Å². The summed E-state index contributed by atoms with van der Waals surface area (Å²) in [6, 6.07) is 7.36. The molecule has 30 heavy (non-hydrogen) atoms. The zero-order valence-corrected chi connectivity index (χ0v) is 18.5. The molecule has 0 atom stereocenters. The summed E-state index contributed by atoms with van der Waals surface area (Å²) in [5.74, 6) is 0.305. The van der Waals surface area contributed by atoms with Crippen LogP contribution in [0.5, 0.6) is 5.75 Å². The zero-order valence-electron chi connectivity index (χ0n) is 18.5. The third-order valence-corrected chi connectivity index (χ3v) is 5.64. The van der Waals surface area contributed by atoms with Crippen molar-refractivity contribution in [3.8, 4) is 5.75 Å². The van der Waals surface area contributed by atoms with Gasteiger partial charge in [-0.05, 0) is 44.5 Å². The Hall–Kier alpha value is -2.38. The number of hydrogen-bond acceptors (Lipinski definition) is 6. The molecule has 0 radical (unpaired) electrons. The fourth-order valence-corrected chi connectivity index (χ4v) is 3.91. The van der Waals surface area contributed by atoms with E-state index in [0.29, 0.717) is 30.8 Å². The summed E-state index contributed by atoms with van der Waals surface area (Å²) in [6.07, 6.45) is 0.760. The molecule has 0 spiro atoms. The molecule has 2 amide bonds. The topological polar surface area (TPSA) is 62.3 Å². The smallest absolute Gasteiger partial charge is 0.277 e. The van der Waals surface area contributed by atoms with E-state index < -0.39 is 0 Å². The molecule has 0 aliphatic carbocycles. The van der Waals surface area contributed by atoms with Gasteiger partial charge in [-0.2, -0.15) is 0 Å². The standard InChI is InChI=1S/C23H33N3O4/c1-5-24-12-14-25(15-13-24)21-20(18-7-9-19(29-4)10-8-18)22(27)26(23(21)28)11-6-16-30-17(2)3/h7-10,17H,5-6,11-16H2,1-4H3. The van der Waals surface area contributed by atoms with Crippen LogP contribution in [0.15, 0.2) is 30.0 Å². The van der Waals surface area contributed by atoms with E-state index in [9.17, 15) is 9.59 Å². The summed E-state index contributed by atoms with van der Waals surface area (Å²) in [6.45, 7) is 11.2. The van der Waals surface area contributed by atoms with E-state index in [1.165, 1.54) is 4.90 Å². The first-order valence-corrected chi connectivity index (χ1v) is 10.8. The number of carbonyl (C=O) groups is 2. The van der Waals surface area contributed by atoms with Crippen LogP contribution >= 0.6 is 0 Å². The minimum atomic E-state index is -0.220. The Morgan fingerprint density at radius 2 is 1.67 bits per heavy atom. The molecule has 1 aromatic carbocycles. The van der Waals surface area contributed by atoms with Gasteiger partial charge < -0.3 is 19.3 Å². The predicted molar refractivity (Wildman–Crippen MR) is 116 cm³/mol. The van der Waals surface area contributed by atoms with E-state index in [4.69, 9.17) is 9.47 Å². The second kappa shape index (κ2) is 10.1. The van der Waals surface area contributed by atoms with Gasteiger partial charge in [-0.25, -0.2) is 0 Å². The lowest BCUT2D eigenvalue weighted by Gasteiger charge is -2.36. The lowest BCUT2D eigenvalue weighted by atomic mass is 10.0. The molecule has 0 N–H and O–H groups in total. The van der Waals surface area contributed by atoms with Crippen molar-refractivity contribution < 1.29 is 19.1 Å². The van der Waals surface area contributed by atoms with Gasteiger partial charge in [-0.3, -0.25) is 14.5 Å². The maximum atomic E-state index is 13.3. The van der Waals surface area contributed by atoms with Gasteiger partial charge in [0.1, 0.15) is 11.4 Å². The Morgan fingerprint density at radius 1 is 1.00 bits per heavy atom. The first-order valence-electron chi connectivity index (χ1n) is 10.8. The monoisotopic (exact) mass is 415 g/mol. The summed E-state index contributed by atoms with van der Waals surface area (Å²) in [7, 11) is 1.61. The fourth-order valence-electron chi connectivity index (χ4n) is 3.91. The highest BCUT2D eigenvalue weighted by molar-refractivity contribution is 6.35. The van der Waals surface area contributed by atoms with Gasteiger partial charge in [-0.1, -0.05) is 19.1 Å². The fraction of sp³-hybridized carbons (Fsp3) is 0.565. The quantitative estimate of drug-likeness (QED) is 0.455. The van der Waals surface area contributed by atoms with Crippen LogP contribution in [0, 0.1) is 0 Å². The molecule has 0 aromatic heterocycles. The van der Waals surface area contributed by atoms with Gasteiger partial charge in [0.15, 0.2) is 0 Å². The van der Waals surface area contributed by atoms with Crippen LogP contribution in [-0.4, -0.2) is 85.6 Å². The Labute approximate surface area is 179 Å². The average Bonchev–Trinajstić information content (AvgIpc) is 3.01. The number of hydrogen-bond donors (Lipinski definition) is 0. The van der Waals surface area contributed by atoms with Crippen LogP contribution in [0.25, 0.3) is 5.57 Å². The molecule has 2 heterocycles. The number of nitrogens with zero attached hydrogens (tertiary/aromatic N) is 3. The molecular formula is C23H33N3O4. The lowest BCUT2D eigenvalue weighted by molar-refractivity contribution is -0.137. The number of benzene rings is 1. The van der Waals surface area contributed by atoms with Crippen molar-refractivity contribution in [1.82, 2.24) is 14.7 Å². The maximum Gasteiger partial charge on any atom is 0.277 e. The molecule has 0 unspecified atom stereocenters. The Bertz CT molecular complexity index is 780. The molecule has 1 fully saturated rings. The third-order valence-electron chi connectivity index (χ3n) is 5.64. The SMILES string of the molecule is CCN1CCN(C2=C(c3ccc(OC)cc3)C(=O)N(CCCOC(C)C)C2=O)CC1. The third kappa shape index (κ3) is 4.84. The number of likely N-dealkylation sites (N-methyl/N-ethyl adjacent to an activating group) is 1. The van der Waals surface area contributed by atoms with Crippen molar-refractivity contribution in [3.63, 3.8) is 0 Å². The van der Waals surface area contributed by atoms with Gasteiger partial charge >= 0.3 is 0 Å². The van der Waals surface area contributed by atoms with Crippen LogP contribution in [0.1, 0.15) is 32.8 Å². The second-order valence-corrected chi connectivity index (χ2v) is 7.91. The molecule has 2 aliphatic heterocycles. The molecule has 0 bridgehead atoms. The summed E-state index contributed by atoms with van der Waals surface area (Å²) in [5, 5.41) is 0. The van der Waals surface area contributed by atoms with Crippen LogP contribution in [-0.2, 0) is 14.3 Å². The largest absolute Gasteiger partial charge is 0.497 e. The Balaban J connectivity index is 1.85. The molecule has 1 aromatic rings. The summed E-state index contributed by atoms with van der Waals surface area (Å²) in [4.78, 5) is 32.5. The Morgan fingerprint density at radius 3 is 2.23 bits per heavy atom. The van der Waals surface area contributed by atoms with Gasteiger partial charge in [0.25, 0.3) is 11.8 Å². The molecule has 164 valence electrons. The number of amides is 2. The molecule has 7 nitrogen and oxygen atoms in total. The van der Waals surface area contributed by atoms with Gasteiger partial charge in [-0.15, -0.1) is 0 Å². The second-order valence-electron chi connectivity index (χ2n) is 7.91.